The van der Waals surface area contributed by atoms with E-state index >= 15 is 0 Å². The van der Waals surface area contributed by atoms with E-state index in [9.17, 15) is 19.8 Å². The second kappa shape index (κ2) is 14.6. The van der Waals surface area contributed by atoms with Crippen LogP contribution < -0.4 is 21.1 Å². The van der Waals surface area contributed by atoms with Crippen molar-refractivity contribution in [3.05, 3.63) is 212 Å². The number of hydrogen-bond acceptors (Lipinski definition) is 8. The third-order valence-electron chi connectivity index (χ3n) is 10.9. The molecule has 0 radical (unpaired) electrons. The van der Waals surface area contributed by atoms with Crippen LogP contribution in [0.1, 0.15) is 45.5 Å². The van der Waals surface area contributed by atoms with Crippen molar-refractivity contribution in [1.29, 1.82) is 0 Å². The molecule has 0 spiro atoms. The number of para-hydroxylation sites is 4. The van der Waals surface area contributed by atoms with Crippen molar-refractivity contribution in [2.75, 3.05) is 22.9 Å². The van der Waals surface area contributed by atoms with E-state index < -0.39 is 23.3 Å². The first-order chi connectivity index (χ1) is 27.5. The van der Waals surface area contributed by atoms with E-state index in [0.29, 0.717) is 21.9 Å². The maximum absolute atomic E-state index is 13.0. The third kappa shape index (κ3) is 6.15. The molecule has 0 saturated heterocycles. The van der Waals surface area contributed by atoms with Crippen molar-refractivity contribution in [3.63, 3.8) is 0 Å². The molecule has 56 heavy (non-hydrogen) atoms. The van der Waals surface area contributed by atoms with Crippen LogP contribution in [0.15, 0.2) is 176 Å². The van der Waals surface area contributed by atoms with Gasteiger partial charge in [0.15, 0.2) is 0 Å². The molecule has 0 saturated carbocycles. The lowest BCUT2D eigenvalue weighted by Gasteiger charge is -2.39. The van der Waals surface area contributed by atoms with Gasteiger partial charge in [-0.15, -0.1) is 0 Å². The van der Waals surface area contributed by atoms with Gasteiger partial charge >= 0.3 is 11.3 Å². The van der Waals surface area contributed by atoms with E-state index in [1.807, 2.05) is 109 Å². The topological polar surface area (TPSA) is 107 Å². The van der Waals surface area contributed by atoms with Crippen LogP contribution in [0.5, 0.6) is 11.5 Å². The normalized spacial score (nSPS) is 16.1. The van der Waals surface area contributed by atoms with Crippen molar-refractivity contribution in [3.8, 4) is 11.5 Å². The van der Waals surface area contributed by atoms with Crippen LogP contribution in [-0.4, -0.2) is 23.3 Å². The lowest BCUT2D eigenvalue weighted by Crippen LogP contribution is -2.38. The number of rotatable bonds is 4. The molecule has 8 nitrogen and oxygen atoms in total. The molecule has 2 aliphatic heterocycles. The van der Waals surface area contributed by atoms with E-state index in [1.165, 1.54) is 11.1 Å². The van der Waals surface area contributed by atoms with Gasteiger partial charge in [0.1, 0.15) is 33.8 Å². The second-order valence-electron chi connectivity index (χ2n) is 14.1. The van der Waals surface area contributed by atoms with Gasteiger partial charge in [-0.1, -0.05) is 109 Å². The summed E-state index contributed by atoms with van der Waals surface area (Å²) < 4.78 is 11.2. The average Bonchev–Trinajstić information content (AvgIpc) is 3.24. The Labute approximate surface area is 322 Å². The third-order valence-corrected chi connectivity index (χ3v) is 10.9. The van der Waals surface area contributed by atoms with Gasteiger partial charge in [0.05, 0.1) is 22.9 Å². The van der Waals surface area contributed by atoms with Crippen molar-refractivity contribution < 1.29 is 19.0 Å². The fourth-order valence-electron chi connectivity index (χ4n) is 8.33. The number of benzene rings is 6. The van der Waals surface area contributed by atoms with Gasteiger partial charge in [-0.05, 0) is 83.6 Å². The SMILES string of the molecule is O=c1oc2ccccc2c(O)c1[C@@H]1c2ccccc2CCN1c1ccccc1.O=c1oc2ccccc2c(O)c1[C@H]1c2ccccc2CCN1c1ccccc1. The lowest BCUT2D eigenvalue weighted by molar-refractivity contribution is 0.446. The number of anilines is 2. The highest BCUT2D eigenvalue weighted by atomic mass is 16.4. The van der Waals surface area contributed by atoms with Gasteiger partial charge < -0.3 is 28.8 Å². The minimum atomic E-state index is -0.501. The summed E-state index contributed by atoms with van der Waals surface area (Å²) in [4.78, 5) is 30.3. The molecule has 10 rings (SSSR count). The highest BCUT2D eigenvalue weighted by Crippen LogP contribution is 2.43. The molecule has 8 aromatic rings. The zero-order chi connectivity index (χ0) is 38.2. The van der Waals surface area contributed by atoms with Crippen LogP contribution in [0, 0.1) is 0 Å². The van der Waals surface area contributed by atoms with E-state index in [4.69, 9.17) is 8.83 Å². The molecule has 0 unspecified atom stereocenters. The second-order valence-corrected chi connectivity index (χ2v) is 14.1. The number of fused-ring (bicyclic) bond motifs is 4. The van der Waals surface area contributed by atoms with Crippen LogP contribution in [0.4, 0.5) is 11.4 Å². The number of nitrogens with zero attached hydrogens (tertiary/aromatic N) is 2. The summed E-state index contributed by atoms with van der Waals surface area (Å²) in [6.45, 7) is 1.49. The Morgan fingerprint density at radius 3 is 1.23 bits per heavy atom. The molecule has 8 heteroatoms. The van der Waals surface area contributed by atoms with Gasteiger partial charge in [0, 0.05) is 24.5 Å². The van der Waals surface area contributed by atoms with Crippen LogP contribution in [-0.2, 0) is 12.8 Å². The molecule has 2 aromatic heterocycles. The first-order valence-electron chi connectivity index (χ1n) is 18.8. The van der Waals surface area contributed by atoms with Crippen molar-refractivity contribution in [1.82, 2.24) is 0 Å². The van der Waals surface area contributed by atoms with Crippen LogP contribution >= 0.6 is 0 Å². The predicted molar refractivity (Wildman–Crippen MR) is 220 cm³/mol. The smallest absolute Gasteiger partial charge is 0.345 e. The first kappa shape index (κ1) is 34.7. The van der Waals surface area contributed by atoms with Gasteiger partial charge in [-0.25, -0.2) is 9.59 Å². The highest BCUT2D eigenvalue weighted by molar-refractivity contribution is 5.85. The molecule has 2 aliphatic rings. The van der Waals surface area contributed by atoms with Crippen molar-refractivity contribution in [2.24, 2.45) is 0 Å². The van der Waals surface area contributed by atoms with Gasteiger partial charge in [0.25, 0.3) is 0 Å². The molecule has 4 heterocycles. The van der Waals surface area contributed by atoms with Gasteiger partial charge in [-0.3, -0.25) is 0 Å². The summed E-state index contributed by atoms with van der Waals surface area (Å²) in [7, 11) is 0. The predicted octanol–water partition coefficient (Wildman–Crippen LogP) is 9.30. The molecule has 6 aromatic carbocycles. The zero-order valence-corrected chi connectivity index (χ0v) is 30.4. The molecular weight excluding hydrogens is 701 g/mol. The number of hydrogen-bond donors (Lipinski definition) is 2. The summed E-state index contributed by atoms with van der Waals surface area (Å²) in [5, 5.41) is 23.3. The highest BCUT2D eigenvalue weighted by Gasteiger charge is 2.35. The molecule has 0 aliphatic carbocycles. The first-order valence-corrected chi connectivity index (χ1v) is 18.8. The van der Waals surface area contributed by atoms with Crippen LogP contribution in [0.3, 0.4) is 0 Å². The Kier molecular flexibility index (Phi) is 9.07. The van der Waals surface area contributed by atoms with E-state index in [-0.39, 0.29) is 22.6 Å². The van der Waals surface area contributed by atoms with Crippen LogP contribution in [0.25, 0.3) is 21.9 Å². The van der Waals surface area contributed by atoms with Gasteiger partial charge in [-0.2, -0.15) is 0 Å². The Morgan fingerprint density at radius 2 is 0.804 bits per heavy atom. The maximum atomic E-state index is 13.0. The number of aromatic hydroxyl groups is 2. The van der Waals surface area contributed by atoms with Crippen molar-refractivity contribution in [2.45, 2.75) is 24.9 Å². The van der Waals surface area contributed by atoms with E-state index in [2.05, 4.69) is 21.9 Å². The van der Waals surface area contributed by atoms with Crippen molar-refractivity contribution >= 4 is 33.3 Å². The maximum Gasteiger partial charge on any atom is 0.345 e. The summed E-state index contributed by atoms with van der Waals surface area (Å²) >= 11 is 0. The molecule has 0 bridgehead atoms. The molecule has 276 valence electrons. The standard InChI is InChI=1S/2C24H19NO3/c2*26-23-19-12-6-7-13-20(19)28-24(27)21(23)22-18-11-5-4-8-16(18)14-15-25(22)17-9-2-1-3-10-17/h2*1-13,22,26H,14-15H2/t2*22-/m10/s1. The molecule has 2 N–H and O–H groups in total. The Balaban J connectivity index is 0.000000146. The Bertz CT molecular complexity index is 2620. The van der Waals surface area contributed by atoms with E-state index in [1.54, 1.807) is 36.4 Å². The van der Waals surface area contributed by atoms with Crippen LogP contribution in [0.2, 0.25) is 0 Å². The summed E-state index contributed by atoms with van der Waals surface area (Å²) in [5.74, 6) is -0.0102. The molecular formula is C48H38N2O6. The monoisotopic (exact) mass is 738 g/mol. The largest absolute Gasteiger partial charge is 0.507 e. The minimum Gasteiger partial charge on any atom is -0.507 e. The molecule has 0 fully saturated rings. The molecule has 0 amide bonds. The molecule has 2 atom stereocenters. The Morgan fingerprint density at radius 1 is 0.446 bits per heavy atom. The summed E-state index contributed by atoms with van der Waals surface area (Å²) in [6.07, 6.45) is 1.75. The van der Waals surface area contributed by atoms with Gasteiger partial charge in [0.2, 0.25) is 0 Å². The minimum absolute atomic E-state index is 0.00511. The lowest BCUT2D eigenvalue weighted by atomic mass is 9.87. The fraction of sp³-hybridized carbons (Fsp3) is 0.125. The fourth-order valence-corrected chi connectivity index (χ4v) is 8.33. The average molecular weight is 739 g/mol. The van der Waals surface area contributed by atoms with E-state index in [0.717, 1.165) is 48.4 Å². The summed E-state index contributed by atoms with van der Waals surface area (Å²) in [6, 6.07) is 49.6. The Hall–Kier alpha value is -7.06. The quantitative estimate of drug-likeness (QED) is 0.172. The zero-order valence-electron chi connectivity index (χ0n) is 30.4. The summed E-state index contributed by atoms with van der Waals surface area (Å²) in [5.41, 5.74) is 6.79.